The number of unbranched alkanes of at least 4 members (excludes halogenated alkanes) is 9. The van der Waals surface area contributed by atoms with Crippen LogP contribution in [-0.2, 0) is 33.3 Å². The van der Waals surface area contributed by atoms with E-state index < -0.39 is 0 Å². The Balaban J connectivity index is 0.999. The van der Waals surface area contributed by atoms with Crippen LogP contribution in [0.1, 0.15) is 83.5 Å². The van der Waals surface area contributed by atoms with Crippen molar-refractivity contribution in [2.24, 2.45) is 0 Å². The maximum absolute atomic E-state index is 12.1. The third-order valence-corrected chi connectivity index (χ3v) is 11.3. The lowest BCUT2D eigenvalue weighted by atomic mass is 10.0. The number of carbonyl (C=O) groups excluding carboxylic acids is 3. The van der Waals surface area contributed by atoms with Crippen molar-refractivity contribution in [2.45, 2.75) is 101 Å². The first-order chi connectivity index (χ1) is 28.0. The lowest BCUT2D eigenvalue weighted by Crippen LogP contribution is -2.36. The summed E-state index contributed by atoms with van der Waals surface area (Å²) in [4.78, 5) is 35.7. The van der Waals surface area contributed by atoms with Gasteiger partial charge in [-0.05, 0) is 55.7 Å². The molecule has 2 aliphatic rings. The van der Waals surface area contributed by atoms with Gasteiger partial charge in [0.1, 0.15) is 18.1 Å². The first-order valence-electron chi connectivity index (χ1n) is 21.1. The number of thioether (sulfide) groups is 1. The predicted octanol–water partition coefficient (Wildman–Crippen LogP) is 4.93. The molecule has 2 aliphatic heterocycles. The molecule has 0 aliphatic carbocycles. The molecule has 1 aromatic carbocycles. The summed E-state index contributed by atoms with van der Waals surface area (Å²) in [5.41, 5.74) is 0. The second-order valence-corrected chi connectivity index (χ2v) is 15.9. The Morgan fingerprint density at radius 2 is 1.14 bits per heavy atom. The van der Waals surface area contributed by atoms with Crippen LogP contribution in [0.3, 0.4) is 0 Å². The van der Waals surface area contributed by atoms with Crippen LogP contribution in [0.4, 0.5) is 4.79 Å². The second kappa shape index (κ2) is 33.4. The molecule has 2 fully saturated rings. The molecule has 14 nitrogen and oxygen atoms in total. The van der Waals surface area contributed by atoms with E-state index in [1.165, 1.54) is 51.4 Å². The van der Waals surface area contributed by atoms with Gasteiger partial charge in [-0.25, -0.2) is 4.79 Å². The summed E-state index contributed by atoms with van der Waals surface area (Å²) in [6.07, 6.45) is 14.9. The highest BCUT2D eigenvalue weighted by Crippen LogP contribution is 2.33. The van der Waals surface area contributed by atoms with Crippen molar-refractivity contribution in [3.05, 3.63) is 24.3 Å². The van der Waals surface area contributed by atoms with Crippen LogP contribution in [0.5, 0.6) is 11.5 Å². The molecular formula is C41H70N4O10S2. The number of urea groups is 1. The predicted molar refractivity (Wildman–Crippen MR) is 227 cm³/mol. The van der Waals surface area contributed by atoms with Crippen molar-refractivity contribution < 1.29 is 47.5 Å². The van der Waals surface area contributed by atoms with Gasteiger partial charge in [-0.2, -0.15) is 24.4 Å². The number of fused-ring (bicyclic) bond motifs is 1. The lowest BCUT2D eigenvalue weighted by Gasteiger charge is -2.16. The van der Waals surface area contributed by atoms with Gasteiger partial charge in [-0.15, -0.1) is 0 Å². The first-order valence-corrected chi connectivity index (χ1v) is 22.8. The summed E-state index contributed by atoms with van der Waals surface area (Å²) in [6.45, 7) is 6.14. The van der Waals surface area contributed by atoms with Gasteiger partial charge in [0.05, 0.1) is 71.5 Å². The maximum Gasteiger partial charge on any atom is 0.315 e. The van der Waals surface area contributed by atoms with Crippen LogP contribution in [0.15, 0.2) is 24.3 Å². The van der Waals surface area contributed by atoms with Crippen molar-refractivity contribution in [3.8, 4) is 11.5 Å². The second-order valence-electron chi connectivity index (χ2n) is 14.1. The summed E-state index contributed by atoms with van der Waals surface area (Å²) >= 11 is 6.15. The Morgan fingerprint density at radius 3 is 1.77 bits per heavy atom. The highest BCUT2D eigenvalue weighted by molar-refractivity contribution is 8.00. The summed E-state index contributed by atoms with van der Waals surface area (Å²) < 4.78 is 39.1. The zero-order chi connectivity index (χ0) is 40.4. The lowest BCUT2D eigenvalue weighted by molar-refractivity contribution is -0.123. The molecule has 2 heterocycles. The van der Waals surface area contributed by atoms with E-state index in [0.717, 1.165) is 43.8 Å². The number of benzene rings is 1. The standard InChI is InChI=1S/C41H70N4O10S2/c46-38(13-9-8-12-37-40-36(33-57-37)44-41(48)45-40)42-18-21-50-24-25-51-22-19-43-39(47)32-55-35-16-14-34(15-17-35)54-30-29-53-28-27-52-26-23-49-20-10-6-4-2-1-3-5-7-11-31-56/h14-17,36-37,40,56H,1-13,18-33H2,(H,42,46)(H,43,47)(H2,44,45,48). The van der Waals surface area contributed by atoms with E-state index in [9.17, 15) is 14.4 Å². The molecular weight excluding hydrogens is 773 g/mol. The molecule has 0 radical (unpaired) electrons. The molecule has 3 unspecified atom stereocenters. The van der Waals surface area contributed by atoms with Gasteiger partial charge in [0.15, 0.2) is 6.61 Å². The van der Waals surface area contributed by atoms with Gasteiger partial charge in [0, 0.05) is 37.1 Å². The minimum absolute atomic E-state index is 0.0215. The third kappa shape index (κ3) is 24.9. The number of nitrogens with one attached hydrogen (secondary N) is 4. The van der Waals surface area contributed by atoms with Crippen LogP contribution in [0.2, 0.25) is 0 Å². The molecule has 2 saturated heterocycles. The third-order valence-electron chi connectivity index (χ3n) is 9.47. The fourth-order valence-corrected chi connectivity index (χ4v) is 8.12. The zero-order valence-electron chi connectivity index (χ0n) is 34.0. The Labute approximate surface area is 350 Å². The van der Waals surface area contributed by atoms with E-state index in [-0.39, 0.29) is 36.5 Å². The molecule has 16 heteroatoms. The summed E-state index contributed by atoms with van der Waals surface area (Å²) in [5.74, 6) is 2.99. The minimum atomic E-state index is -0.243. The smallest absolute Gasteiger partial charge is 0.315 e. The van der Waals surface area contributed by atoms with Gasteiger partial charge in [0.25, 0.3) is 5.91 Å². The first kappa shape index (κ1) is 48.9. The molecule has 0 spiro atoms. The number of amides is 4. The van der Waals surface area contributed by atoms with E-state index in [1.807, 2.05) is 11.8 Å². The fraction of sp³-hybridized carbons (Fsp3) is 0.780. The van der Waals surface area contributed by atoms with Gasteiger partial charge < -0.3 is 54.4 Å². The van der Waals surface area contributed by atoms with Crippen LogP contribution in [0, 0.1) is 0 Å². The molecule has 0 saturated carbocycles. The van der Waals surface area contributed by atoms with E-state index in [1.54, 1.807) is 24.3 Å². The van der Waals surface area contributed by atoms with Gasteiger partial charge in [0.2, 0.25) is 5.91 Å². The molecule has 3 rings (SSSR count). The molecule has 4 amide bonds. The number of rotatable bonds is 38. The van der Waals surface area contributed by atoms with Crippen LogP contribution >= 0.6 is 24.4 Å². The summed E-state index contributed by atoms with van der Waals surface area (Å²) in [6, 6.07) is 7.47. The number of hydrogen-bond acceptors (Lipinski definition) is 12. The maximum atomic E-state index is 12.1. The van der Waals surface area contributed by atoms with Crippen LogP contribution in [-0.4, -0.2) is 139 Å². The van der Waals surface area contributed by atoms with E-state index in [4.69, 9.17) is 33.2 Å². The van der Waals surface area contributed by atoms with Crippen molar-refractivity contribution in [3.63, 3.8) is 0 Å². The largest absolute Gasteiger partial charge is 0.491 e. The fourth-order valence-electron chi connectivity index (χ4n) is 6.36. The zero-order valence-corrected chi connectivity index (χ0v) is 35.7. The van der Waals surface area contributed by atoms with Crippen molar-refractivity contribution in [2.75, 3.05) is 104 Å². The average Bonchev–Trinajstić information content (AvgIpc) is 3.78. The van der Waals surface area contributed by atoms with Crippen LogP contribution in [0.25, 0.3) is 0 Å². The molecule has 4 N–H and O–H groups in total. The van der Waals surface area contributed by atoms with Crippen LogP contribution < -0.4 is 30.7 Å². The topological polar surface area (TPSA) is 164 Å². The van der Waals surface area contributed by atoms with Gasteiger partial charge in [-0.3, -0.25) is 9.59 Å². The molecule has 3 atom stereocenters. The minimum Gasteiger partial charge on any atom is -0.491 e. The van der Waals surface area contributed by atoms with E-state index in [2.05, 4.69) is 33.9 Å². The Bertz CT molecular complexity index is 1190. The summed E-state index contributed by atoms with van der Waals surface area (Å²) in [7, 11) is 0. The van der Waals surface area contributed by atoms with Crippen molar-refractivity contribution in [1.29, 1.82) is 0 Å². The number of ether oxygens (including phenoxy) is 7. The monoisotopic (exact) mass is 842 g/mol. The van der Waals surface area contributed by atoms with Gasteiger partial charge in [-0.1, -0.05) is 51.4 Å². The van der Waals surface area contributed by atoms with Crippen molar-refractivity contribution >= 4 is 42.2 Å². The van der Waals surface area contributed by atoms with Gasteiger partial charge >= 0.3 is 6.03 Å². The van der Waals surface area contributed by atoms with E-state index >= 15 is 0 Å². The van der Waals surface area contributed by atoms with E-state index in [0.29, 0.717) is 102 Å². The number of carbonyl (C=O) groups is 3. The summed E-state index contributed by atoms with van der Waals surface area (Å²) in [5, 5.41) is 12.0. The Morgan fingerprint density at radius 1 is 0.614 bits per heavy atom. The Hall–Kier alpha value is -2.47. The highest BCUT2D eigenvalue weighted by Gasteiger charge is 2.42. The quantitative estimate of drug-likeness (QED) is 0.0349. The van der Waals surface area contributed by atoms with Crippen molar-refractivity contribution in [1.82, 2.24) is 21.3 Å². The molecule has 326 valence electrons. The number of thiol groups is 1. The number of hydrogen-bond donors (Lipinski definition) is 5. The molecule has 1 aromatic rings. The normalized spacial score (nSPS) is 17.2. The molecule has 57 heavy (non-hydrogen) atoms. The highest BCUT2D eigenvalue weighted by atomic mass is 32.2. The molecule has 0 bridgehead atoms. The SMILES string of the molecule is O=C(CCCCC1SCC2NC(=O)NC21)NCCOCCOCCNC(=O)COc1ccc(OCCOCCOCCOCCCCCCCCCCCS)cc1. The average molecular weight is 843 g/mol. The molecule has 0 aromatic heterocycles. The Kier molecular flexibility index (Phi) is 28.6.